The van der Waals surface area contributed by atoms with Gasteiger partial charge in [0.05, 0.1) is 12.8 Å². The van der Waals surface area contributed by atoms with Crippen molar-refractivity contribution >= 4 is 0 Å². The molecule has 0 aliphatic heterocycles. The third kappa shape index (κ3) is 1.99. The molecule has 1 aromatic heterocycles. The number of hydrogen-bond donors (Lipinski definition) is 1. The number of nitrogens with zero attached hydrogens (tertiary/aromatic N) is 1. The summed E-state index contributed by atoms with van der Waals surface area (Å²) in [6.07, 6.45) is 0. The van der Waals surface area contributed by atoms with Crippen LogP contribution in [0.5, 0.6) is 5.75 Å². The minimum atomic E-state index is -0.458. The number of ether oxygens (including phenoxy) is 1. The molecule has 0 atom stereocenters. The Balaban J connectivity index is 2.59. The van der Waals surface area contributed by atoms with E-state index < -0.39 is 5.82 Å². The molecule has 1 aromatic carbocycles. The fourth-order valence-electron chi connectivity index (χ4n) is 1.72. The van der Waals surface area contributed by atoms with Crippen LogP contribution in [0.15, 0.2) is 23.0 Å². The van der Waals surface area contributed by atoms with Crippen LogP contribution in [0.4, 0.5) is 4.39 Å². The highest BCUT2D eigenvalue weighted by Gasteiger charge is 2.11. The van der Waals surface area contributed by atoms with Crippen molar-refractivity contribution < 1.29 is 9.13 Å². The van der Waals surface area contributed by atoms with Gasteiger partial charge in [-0.3, -0.25) is 4.79 Å². The van der Waals surface area contributed by atoms with Gasteiger partial charge in [-0.05, 0) is 37.6 Å². The number of aromatic nitrogens is 2. The molecule has 0 bridgehead atoms. The van der Waals surface area contributed by atoms with Crippen molar-refractivity contribution in [3.63, 3.8) is 0 Å². The average molecular weight is 248 g/mol. The minimum Gasteiger partial charge on any atom is -0.494 e. The zero-order chi connectivity index (χ0) is 13.3. The lowest BCUT2D eigenvalue weighted by molar-refractivity contribution is 0.386. The molecule has 0 saturated heterocycles. The van der Waals surface area contributed by atoms with E-state index in [0.29, 0.717) is 16.8 Å². The quantitative estimate of drug-likeness (QED) is 0.886. The molecular formula is C13H13FN2O2. The van der Waals surface area contributed by atoms with Gasteiger partial charge in [-0.15, -0.1) is 0 Å². The Bertz CT molecular complexity index is 650. The Morgan fingerprint density at radius 1 is 1.28 bits per heavy atom. The zero-order valence-corrected chi connectivity index (χ0v) is 10.4. The maximum atomic E-state index is 13.6. The molecule has 18 heavy (non-hydrogen) atoms. The molecule has 0 spiro atoms. The number of rotatable bonds is 2. The summed E-state index contributed by atoms with van der Waals surface area (Å²) in [4.78, 5) is 11.4. The number of methoxy groups -OCH3 is 1. The summed E-state index contributed by atoms with van der Waals surface area (Å²) in [6.45, 7) is 3.49. The summed E-state index contributed by atoms with van der Waals surface area (Å²) >= 11 is 0. The highest BCUT2D eigenvalue weighted by molar-refractivity contribution is 5.64. The molecule has 94 valence electrons. The molecule has 0 unspecified atom stereocenters. The Morgan fingerprint density at radius 2 is 2.00 bits per heavy atom. The smallest absolute Gasteiger partial charge is 0.267 e. The molecular weight excluding hydrogens is 235 g/mol. The summed E-state index contributed by atoms with van der Waals surface area (Å²) in [5.74, 6) is -0.280. The SMILES string of the molecule is COc1ccc(-c2n[nH]c(=O)c(C)c2C)cc1F. The molecule has 0 amide bonds. The first-order chi connectivity index (χ1) is 8.54. The lowest BCUT2D eigenvalue weighted by atomic mass is 10.0. The monoisotopic (exact) mass is 248 g/mol. The van der Waals surface area contributed by atoms with Gasteiger partial charge in [-0.1, -0.05) is 0 Å². The molecule has 2 rings (SSSR count). The molecule has 0 aliphatic carbocycles. The standard InChI is InChI=1S/C13H13FN2O2/c1-7-8(2)13(17)16-15-12(7)9-4-5-11(18-3)10(14)6-9/h4-6H,1-3H3,(H,16,17). The molecule has 0 saturated carbocycles. The summed E-state index contributed by atoms with van der Waals surface area (Å²) in [7, 11) is 1.41. The molecule has 2 aromatic rings. The van der Waals surface area contributed by atoms with Gasteiger partial charge in [-0.2, -0.15) is 5.10 Å². The van der Waals surface area contributed by atoms with E-state index in [0.717, 1.165) is 5.56 Å². The third-order valence-corrected chi connectivity index (χ3v) is 2.95. The van der Waals surface area contributed by atoms with Gasteiger partial charge in [0.25, 0.3) is 5.56 Å². The number of aromatic amines is 1. The van der Waals surface area contributed by atoms with Crippen LogP contribution in [-0.4, -0.2) is 17.3 Å². The molecule has 1 N–H and O–H groups in total. The van der Waals surface area contributed by atoms with Crippen LogP contribution in [0.25, 0.3) is 11.3 Å². The van der Waals surface area contributed by atoms with Crippen molar-refractivity contribution in [3.8, 4) is 17.0 Å². The topological polar surface area (TPSA) is 55.0 Å². The minimum absolute atomic E-state index is 0.178. The van der Waals surface area contributed by atoms with Crippen molar-refractivity contribution in [2.75, 3.05) is 7.11 Å². The number of nitrogens with one attached hydrogen (secondary N) is 1. The lowest BCUT2D eigenvalue weighted by Crippen LogP contribution is -2.14. The molecule has 0 aliphatic rings. The van der Waals surface area contributed by atoms with Crippen LogP contribution in [0.2, 0.25) is 0 Å². The predicted molar refractivity (Wildman–Crippen MR) is 66.3 cm³/mol. The maximum Gasteiger partial charge on any atom is 0.267 e. The highest BCUT2D eigenvalue weighted by atomic mass is 19.1. The van der Waals surface area contributed by atoms with Gasteiger partial charge in [0, 0.05) is 11.1 Å². The van der Waals surface area contributed by atoms with E-state index in [9.17, 15) is 9.18 Å². The van der Waals surface area contributed by atoms with Gasteiger partial charge in [0.1, 0.15) is 0 Å². The van der Waals surface area contributed by atoms with E-state index in [1.807, 2.05) is 0 Å². The Labute approximate surface area is 103 Å². The van der Waals surface area contributed by atoms with Crippen LogP contribution in [0.3, 0.4) is 0 Å². The zero-order valence-electron chi connectivity index (χ0n) is 10.4. The first-order valence-electron chi connectivity index (χ1n) is 5.44. The van der Waals surface area contributed by atoms with Crippen molar-refractivity contribution in [1.82, 2.24) is 10.2 Å². The predicted octanol–water partition coefficient (Wildman–Crippen LogP) is 2.20. The van der Waals surface area contributed by atoms with E-state index in [-0.39, 0.29) is 11.3 Å². The van der Waals surface area contributed by atoms with Crippen LogP contribution in [0.1, 0.15) is 11.1 Å². The fourth-order valence-corrected chi connectivity index (χ4v) is 1.72. The Kier molecular flexibility index (Phi) is 3.14. The largest absolute Gasteiger partial charge is 0.494 e. The van der Waals surface area contributed by atoms with Crippen LogP contribution >= 0.6 is 0 Å². The first kappa shape index (κ1) is 12.3. The Hall–Kier alpha value is -2.17. The second-order valence-electron chi connectivity index (χ2n) is 4.00. The van der Waals surface area contributed by atoms with Crippen molar-refractivity contribution in [3.05, 3.63) is 45.5 Å². The van der Waals surface area contributed by atoms with E-state index in [4.69, 9.17) is 4.74 Å². The fraction of sp³-hybridized carbons (Fsp3) is 0.231. The van der Waals surface area contributed by atoms with E-state index >= 15 is 0 Å². The lowest BCUT2D eigenvalue weighted by Gasteiger charge is -2.08. The van der Waals surface area contributed by atoms with Crippen molar-refractivity contribution in [2.45, 2.75) is 13.8 Å². The number of hydrogen-bond acceptors (Lipinski definition) is 3. The average Bonchev–Trinajstić information content (AvgIpc) is 2.36. The first-order valence-corrected chi connectivity index (χ1v) is 5.44. The van der Waals surface area contributed by atoms with Crippen LogP contribution < -0.4 is 10.3 Å². The van der Waals surface area contributed by atoms with E-state index in [2.05, 4.69) is 10.2 Å². The second kappa shape index (κ2) is 4.60. The van der Waals surface area contributed by atoms with E-state index in [1.165, 1.54) is 19.2 Å². The Morgan fingerprint density at radius 3 is 2.61 bits per heavy atom. The summed E-state index contributed by atoms with van der Waals surface area (Å²) in [5, 5.41) is 6.36. The molecule has 0 fully saturated rings. The van der Waals surface area contributed by atoms with Crippen LogP contribution in [0, 0.1) is 19.7 Å². The molecule has 0 radical (unpaired) electrons. The summed E-state index contributed by atoms with van der Waals surface area (Å²) in [6, 6.07) is 4.58. The van der Waals surface area contributed by atoms with Gasteiger partial charge >= 0.3 is 0 Å². The number of H-pyrrole nitrogens is 1. The van der Waals surface area contributed by atoms with Crippen LogP contribution in [-0.2, 0) is 0 Å². The van der Waals surface area contributed by atoms with Gasteiger partial charge in [0.2, 0.25) is 0 Å². The number of halogens is 1. The molecule has 5 heteroatoms. The molecule has 1 heterocycles. The summed E-state index contributed by atoms with van der Waals surface area (Å²) < 4.78 is 18.5. The number of benzene rings is 1. The van der Waals surface area contributed by atoms with Crippen molar-refractivity contribution in [1.29, 1.82) is 0 Å². The third-order valence-electron chi connectivity index (χ3n) is 2.95. The highest BCUT2D eigenvalue weighted by Crippen LogP contribution is 2.26. The van der Waals surface area contributed by atoms with E-state index in [1.54, 1.807) is 19.9 Å². The summed E-state index contributed by atoms with van der Waals surface area (Å²) in [5.41, 5.74) is 2.25. The second-order valence-corrected chi connectivity index (χ2v) is 4.00. The normalized spacial score (nSPS) is 10.4. The van der Waals surface area contributed by atoms with Gasteiger partial charge in [-0.25, -0.2) is 9.49 Å². The molecule has 4 nitrogen and oxygen atoms in total. The van der Waals surface area contributed by atoms with Gasteiger partial charge in [0.15, 0.2) is 11.6 Å². The van der Waals surface area contributed by atoms with Gasteiger partial charge < -0.3 is 4.74 Å². The van der Waals surface area contributed by atoms with Crippen molar-refractivity contribution in [2.24, 2.45) is 0 Å². The maximum absolute atomic E-state index is 13.6.